The van der Waals surface area contributed by atoms with Gasteiger partial charge in [0.15, 0.2) is 0 Å². The van der Waals surface area contributed by atoms with E-state index >= 15 is 0 Å². The van der Waals surface area contributed by atoms with E-state index in [1.54, 1.807) is 18.2 Å². The van der Waals surface area contributed by atoms with Gasteiger partial charge in [0.1, 0.15) is 11.5 Å². The van der Waals surface area contributed by atoms with Gasteiger partial charge in [0.25, 0.3) is 0 Å². The van der Waals surface area contributed by atoms with E-state index in [4.69, 9.17) is 14.6 Å². The van der Waals surface area contributed by atoms with Crippen molar-refractivity contribution >= 4 is 29.3 Å². The highest BCUT2D eigenvalue weighted by Crippen LogP contribution is 2.37. The highest BCUT2D eigenvalue weighted by Gasteiger charge is 2.41. The van der Waals surface area contributed by atoms with Gasteiger partial charge in [-0.05, 0) is 12.1 Å². The number of hydrogen-bond donors (Lipinski definition) is 1. The number of aliphatic hydroxyl groups excluding tert-OH is 1. The number of imide groups is 1. The molecule has 2 amide bonds. The summed E-state index contributed by atoms with van der Waals surface area (Å²) in [7, 11) is 2.99. The molecule has 1 fully saturated rings. The van der Waals surface area contributed by atoms with Gasteiger partial charge >= 0.3 is 0 Å². The number of rotatable bonds is 6. The van der Waals surface area contributed by atoms with Gasteiger partial charge in [-0.1, -0.05) is 0 Å². The molecule has 1 aliphatic rings. The monoisotopic (exact) mass is 311 g/mol. The van der Waals surface area contributed by atoms with Gasteiger partial charge in [-0.3, -0.25) is 9.59 Å². The Bertz CT molecular complexity index is 548. The van der Waals surface area contributed by atoms with E-state index in [0.29, 0.717) is 22.9 Å². The summed E-state index contributed by atoms with van der Waals surface area (Å²) in [5, 5.41) is 8.39. The number of aliphatic hydroxyl groups is 1. The Morgan fingerprint density at radius 2 is 2.10 bits per heavy atom. The predicted octanol–water partition coefficient (Wildman–Crippen LogP) is 1.06. The maximum absolute atomic E-state index is 12.4. The Morgan fingerprint density at radius 3 is 2.71 bits per heavy atom. The lowest BCUT2D eigenvalue weighted by Gasteiger charge is -2.18. The predicted molar refractivity (Wildman–Crippen MR) is 80.0 cm³/mol. The van der Waals surface area contributed by atoms with Gasteiger partial charge in [-0.2, -0.15) is 0 Å². The van der Waals surface area contributed by atoms with Crippen LogP contribution in [0, 0.1) is 0 Å². The van der Waals surface area contributed by atoms with Gasteiger partial charge in [0, 0.05) is 18.2 Å². The van der Waals surface area contributed by atoms with Gasteiger partial charge in [0.05, 0.1) is 31.8 Å². The maximum atomic E-state index is 12.4. The number of amides is 2. The number of methoxy groups -OCH3 is 2. The molecule has 1 aliphatic heterocycles. The van der Waals surface area contributed by atoms with Crippen molar-refractivity contribution in [2.75, 3.05) is 31.5 Å². The lowest BCUT2D eigenvalue weighted by atomic mass is 10.2. The van der Waals surface area contributed by atoms with Crippen LogP contribution in [0.15, 0.2) is 18.2 Å². The van der Waals surface area contributed by atoms with Crippen LogP contribution in [0.25, 0.3) is 0 Å². The second-order valence-electron chi connectivity index (χ2n) is 4.39. The van der Waals surface area contributed by atoms with Crippen LogP contribution < -0.4 is 14.4 Å². The van der Waals surface area contributed by atoms with Gasteiger partial charge in [-0.25, -0.2) is 4.90 Å². The Hall–Kier alpha value is -1.73. The molecule has 0 spiro atoms. The third-order valence-electron chi connectivity index (χ3n) is 3.14. The number of carbonyl (C=O) groups excluding carboxylic acids is 2. The first-order chi connectivity index (χ1) is 10.1. The van der Waals surface area contributed by atoms with E-state index in [-0.39, 0.29) is 24.8 Å². The second-order valence-corrected chi connectivity index (χ2v) is 5.70. The summed E-state index contributed by atoms with van der Waals surface area (Å²) in [5.41, 5.74) is 0.388. The van der Waals surface area contributed by atoms with Crippen LogP contribution in [0.4, 0.5) is 5.69 Å². The molecule has 1 saturated heterocycles. The van der Waals surface area contributed by atoms with Crippen LogP contribution in [0.5, 0.6) is 11.5 Å². The lowest BCUT2D eigenvalue weighted by Crippen LogP contribution is -2.31. The molecule has 1 heterocycles. The molecular formula is C14H17NO5S. The Balaban J connectivity index is 2.32. The third kappa shape index (κ3) is 3.14. The van der Waals surface area contributed by atoms with E-state index in [1.165, 1.54) is 26.0 Å². The number of hydrogen-bond acceptors (Lipinski definition) is 6. The van der Waals surface area contributed by atoms with Crippen molar-refractivity contribution in [2.24, 2.45) is 0 Å². The molecule has 114 valence electrons. The molecule has 1 aromatic carbocycles. The highest BCUT2D eigenvalue weighted by atomic mass is 32.2. The summed E-state index contributed by atoms with van der Waals surface area (Å²) in [5.74, 6) is 0.836. The zero-order chi connectivity index (χ0) is 15.4. The van der Waals surface area contributed by atoms with Crippen molar-refractivity contribution in [3.63, 3.8) is 0 Å². The molecule has 1 atom stereocenters. The quantitative estimate of drug-likeness (QED) is 0.792. The van der Waals surface area contributed by atoms with E-state index in [0.717, 1.165) is 4.90 Å². The van der Waals surface area contributed by atoms with E-state index in [9.17, 15) is 9.59 Å². The normalized spacial score (nSPS) is 18.2. The van der Waals surface area contributed by atoms with E-state index < -0.39 is 5.25 Å². The molecule has 0 aliphatic carbocycles. The van der Waals surface area contributed by atoms with Crippen LogP contribution in [-0.4, -0.2) is 48.8 Å². The maximum Gasteiger partial charge on any atom is 0.247 e. The smallest absolute Gasteiger partial charge is 0.247 e. The topological polar surface area (TPSA) is 76.1 Å². The molecule has 2 rings (SSSR count). The Labute approximate surface area is 127 Å². The fraction of sp³-hybridized carbons (Fsp3) is 0.429. The van der Waals surface area contributed by atoms with Crippen LogP contribution in [0.3, 0.4) is 0 Å². The molecule has 21 heavy (non-hydrogen) atoms. The molecule has 7 heteroatoms. The average Bonchev–Trinajstić information content (AvgIpc) is 2.78. The van der Waals surface area contributed by atoms with Gasteiger partial charge in [0.2, 0.25) is 11.8 Å². The van der Waals surface area contributed by atoms with Crippen molar-refractivity contribution in [3.8, 4) is 11.5 Å². The molecule has 6 nitrogen and oxygen atoms in total. The fourth-order valence-electron chi connectivity index (χ4n) is 2.15. The molecule has 1 aromatic rings. The number of carbonyl (C=O) groups is 2. The first-order valence-corrected chi connectivity index (χ1v) is 7.48. The summed E-state index contributed by atoms with van der Waals surface area (Å²) in [4.78, 5) is 25.7. The summed E-state index contributed by atoms with van der Waals surface area (Å²) in [6.45, 7) is -0.0227. The van der Waals surface area contributed by atoms with Crippen LogP contribution >= 0.6 is 11.8 Å². The molecular weight excluding hydrogens is 294 g/mol. The summed E-state index contributed by atoms with van der Waals surface area (Å²) >= 11 is 1.28. The minimum absolute atomic E-state index is 0.0227. The Kier molecular flexibility index (Phi) is 5.08. The van der Waals surface area contributed by atoms with E-state index in [2.05, 4.69) is 0 Å². The van der Waals surface area contributed by atoms with Crippen molar-refractivity contribution in [3.05, 3.63) is 18.2 Å². The summed E-state index contributed by atoms with van der Waals surface area (Å²) in [6, 6.07) is 4.96. The Morgan fingerprint density at radius 1 is 1.33 bits per heavy atom. The first kappa shape index (κ1) is 15.7. The molecule has 1 N–H and O–H groups in total. The molecule has 0 saturated carbocycles. The minimum atomic E-state index is -0.458. The molecule has 0 radical (unpaired) electrons. The van der Waals surface area contributed by atoms with Crippen LogP contribution in [0.1, 0.15) is 6.42 Å². The summed E-state index contributed by atoms with van der Waals surface area (Å²) in [6.07, 6.45) is 0.129. The number of benzene rings is 1. The highest BCUT2D eigenvalue weighted by molar-refractivity contribution is 8.00. The van der Waals surface area contributed by atoms with Crippen LogP contribution in [-0.2, 0) is 9.59 Å². The van der Waals surface area contributed by atoms with Crippen molar-refractivity contribution in [2.45, 2.75) is 11.7 Å². The largest absolute Gasteiger partial charge is 0.497 e. The van der Waals surface area contributed by atoms with Gasteiger partial charge in [-0.15, -0.1) is 11.8 Å². The molecule has 0 aromatic heterocycles. The van der Waals surface area contributed by atoms with E-state index in [1.807, 2.05) is 0 Å². The van der Waals surface area contributed by atoms with Gasteiger partial charge < -0.3 is 14.6 Å². The third-order valence-corrected chi connectivity index (χ3v) is 4.33. The number of anilines is 1. The average molecular weight is 311 g/mol. The fourth-order valence-corrected chi connectivity index (χ4v) is 3.05. The summed E-state index contributed by atoms with van der Waals surface area (Å²) < 4.78 is 10.4. The minimum Gasteiger partial charge on any atom is -0.497 e. The number of thioether (sulfide) groups is 1. The zero-order valence-electron chi connectivity index (χ0n) is 11.9. The van der Waals surface area contributed by atoms with Crippen molar-refractivity contribution in [1.29, 1.82) is 0 Å². The number of ether oxygens (including phenoxy) is 2. The molecule has 1 unspecified atom stereocenters. The molecule has 0 bridgehead atoms. The lowest BCUT2D eigenvalue weighted by molar-refractivity contribution is -0.121. The second kappa shape index (κ2) is 6.82. The number of nitrogens with zero attached hydrogens (tertiary/aromatic N) is 1. The van der Waals surface area contributed by atoms with Crippen LogP contribution in [0.2, 0.25) is 0 Å². The SMILES string of the molecule is COc1ccc(OC)c(N2C(=O)CC(SCCO)C2=O)c1. The first-order valence-electron chi connectivity index (χ1n) is 6.43. The zero-order valence-corrected chi connectivity index (χ0v) is 12.7. The standard InChI is InChI=1S/C14H17NO5S/c1-19-9-3-4-11(20-2)10(7-9)15-13(17)8-12(14(15)18)21-6-5-16/h3-4,7,12,16H,5-6,8H2,1-2H3. The van der Waals surface area contributed by atoms with Crippen molar-refractivity contribution in [1.82, 2.24) is 0 Å². The van der Waals surface area contributed by atoms with Crippen molar-refractivity contribution < 1.29 is 24.2 Å².